The first-order valence-corrected chi connectivity index (χ1v) is 11.2. The van der Waals surface area contributed by atoms with Crippen LogP contribution in [-0.4, -0.2) is 34.3 Å². The van der Waals surface area contributed by atoms with Crippen LogP contribution in [-0.2, 0) is 15.1 Å². The SMILES string of the molecule is Cc1nc(-c2cccc(NC(=O)CN3C(=O)NC(C)(c4cccc(Br)c4)C3=O)c2)cs1. The Morgan fingerprint density at radius 2 is 2.00 bits per heavy atom. The van der Waals surface area contributed by atoms with E-state index in [0.717, 1.165) is 25.6 Å². The van der Waals surface area contributed by atoms with Crippen LogP contribution in [0.5, 0.6) is 0 Å². The van der Waals surface area contributed by atoms with Crippen molar-refractivity contribution in [2.24, 2.45) is 0 Å². The zero-order valence-corrected chi connectivity index (χ0v) is 19.2. The number of imide groups is 1. The molecule has 2 N–H and O–H groups in total. The molecule has 0 aliphatic carbocycles. The Labute approximate surface area is 191 Å². The van der Waals surface area contributed by atoms with Crippen molar-refractivity contribution in [1.82, 2.24) is 15.2 Å². The van der Waals surface area contributed by atoms with Crippen LogP contribution in [0.2, 0.25) is 0 Å². The third-order valence-corrected chi connectivity index (χ3v) is 6.31. The van der Waals surface area contributed by atoms with E-state index in [1.807, 2.05) is 36.6 Å². The minimum atomic E-state index is -1.23. The maximum Gasteiger partial charge on any atom is 0.325 e. The van der Waals surface area contributed by atoms with Gasteiger partial charge in [-0.2, -0.15) is 0 Å². The average molecular weight is 499 g/mol. The summed E-state index contributed by atoms with van der Waals surface area (Å²) in [5, 5.41) is 8.37. The summed E-state index contributed by atoms with van der Waals surface area (Å²) in [6, 6.07) is 13.8. The van der Waals surface area contributed by atoms with Crippen molar-refractivity contribution < 1.29 is 14.4 Å². The number of carbonyl (C=O) groups is 3. The number of amides is 4. The Kier molecular flexibility index (Phi) is 5.63. The Hall–Kier alpha value is -3.04. The molecule has 1 aliphatic rings. The van der Waals surface area contributed by atoms with Gasteiger partial charge in [0.15, 0.2) is 0 Å². The fourth-order valence-electron chi connectivity index (χ4n) is 3.43. The third-order valence-electron chi connectivity index (χ3n) is 5.04. The van der Waals surface area contributed by atoms with E-state index in [1.54, 1.807) is 42.5 Å². The first-order chi connectivity index (χ1) is 14.8. The number of halogens is 1. The molecule has 9 heteroatoms. The molecule has 1 aliphatic heterocycles. The van der Waals surface area contributed by atoms with Crippen LogP contribution in [0.4, 0.5) is 10.5 Å². The topological polar surface area (TPSA) is 91.4 Å². The van der Waals surface area contributed by atoms with Gasteiger partial charge in [-0.25, -0.2) is 9.78 Å². The fourth-order valence-corrected chi connectivity index (χ4v) is 4.45. The minimum absolute atomic E-state index is 0.381. The van der Waals surface area contributed by atoms with Crippen LogP contribution in [0.1, 0.15) is 17.5 Å². The molecule has 7 nitrogen and oxygen atoms in total. The second-order valence-electron chi connectivity index (χ2n) is 7.34. The zero-order valence-electron chi connectivity index (χ0n) is 16.8. The number of rotatable bonds is 5. The van der Waals surface area contributed by atoms with E-state index in [2.05, 4.69) is 31.5 Å². The standard InChI is InChI=1S/C22H19BrN4O3S/c1-13-24-18(12-31-13)14-5-3-8-17(9-14)25-19(28)11-27-20(29)22(2,26-21(27)30)15-6-4-7-16(23)10-15/h3-10,12H,11H2,1-2H3,(H,25,28)(H,26,30). The van der Waals surface area contributed by atoms with E-state index in [9.17, 15) is 14.4 Å². The predicted molar refractivity (Wildman–Crippen MR) is 123 cm³/mol. The van der Waals surface area contributed by atoms with Crippen molar-refractivity contribution >= 4 is 50.8 Å². The number of benzene rings is 2. The Morgan fingerprint density at radius 1 is 1.23 bits per heavy atom. The summed E-state index contributed by atoms with van der Waals surface area (Å²) in [5.41, 5.74) is 1.67. The molecule has 1 atom stereocenters. The molecule has 0 spiro atoms. The summed E-state index contributed by atoms with van der Waals surface area (Å²) in [6.45, 7) is 3.18. The molecule has 31 heavy (non-hydrogen) atoms. The maximum atomic E-state index is 13.0. The van der Waals surface area contributed by atoms with Gasteiger partial charge in [0.05, 0.1) is 10.7 Å². The molecule has 0 radical (unpaired) electrons. The van der Waals surface area contributed by atoms with Gasteiger partial charge in [-0.1, -0.05) is 40.2 Å². The molecule has 158 valence electrons. The molecule has 1 unspecified atom stereocenters. The molecule has 1 saturated heterocycles. The molecule has 4 amide bonds. The number of nitrogens with zero attached hydrogens (tertiary/aromatic N) is 2. The lowest BCUT2D eigenvalue weighted by Crippen LogP contribution is -2.42. The Balaban J connectivity index is 1.48. The van der Waals surface area contributed by atoms with Crippen LogP contribution >= 0.6 is 27.3 Å². The lowest BCUT2D eigenvalue weighted by molar-refractivity contribution is -0.133. The van der Waals surface area contributed by atoms with Crippen LogP contribution in [0.25, 0.3) is 11.3 Å². The van der Waals surface area contributed by atoms with Gasteiger partial charge in [0.1, 0.15) is 12.1 Å². The largest absolute Gasteiger partial charge is 0.325 e. The first-order valence-electron chi connectivity index (χ1n) is 9.49. The van der Waals surface area contributed by atoms with E-state index >= 15 is 0 Å². The molecule has 1 fully saturated rings. The number of aromatic nitrogens is 1. The molecule has 2 aromatic carbocycles. The lowest BCUT2D eigenvalue weighted by Gasteiger charge is -2.22. The third kappa shape index (κ3) is 4.24. The van der Waals surface area contributed by atoms with Crippen LogP contribution in [0.3, 0.4) is 0 Å². The van der Waals surface area contributed by atoms with Crippen LogP contribution in [0.15, 0.2) is 58.4 Å². The lowest BCUT2D eigenvalue weighted by atomic mass is 9.92. The molecular formula is C22H19BrN4O3S. The Bertz CT molecular complexity index is 1190. The van der Waals surface area contributed by atoms with Crippen molar-refractivity contribution in [1.29, 1.82) is 0 Å². The number of carbonyl (C=O) groups excluding carboxylic acids is 3. The van der Waals surface area contributed by atoms with Gasteiger partial charge >= 0.3 is 6.03 Å². The normalized spacial score (nSPS) is 18.2. The smallest absolute Gasteiger partial charge is 0.325 e. The highest BCUT2D eigenvalue weighted by Gasteiger charge is 2.49. The molecule has 4 rings (SSSR count). The number of anilines is 1. The van der Waals surface area contributed by atoms with Crippen molar-refractivity contribution in [2.75, 3.05) is 11.9 Å². The summed E-state index contributed by atoms with van der Waals surface area (Å²) in [5.74, 6) is -0.939. The highest BCUT2D eigenvalue weighted by Crippen LogP contribution is 2.30. The zero-order chi connectivity index (χ0) is 22.2. The second kappa shape index (κ2) is 8.24. The molecule has 3 aromatic rings. The number of aryl methyl sites for hydroxylation is 1. The predicted octanol–water partition coefficient (Wildman–Crippen LogP) is 4.29. The molecule has 2 heterocycles. The maximum absolute atomic E-state index is 13.0. The summed E-state index contributed by atoms with van der Waals surface area (Å²) < 4.78 is 0.791. The van der Waals surface area contributed by atoms with Gasteiger partial charge in [-0.3, -0.25) is 14.5 Å². The first kappa shape index (κ1) is 21.2. The highest BCUT2D eigenvalue weighted by atomic mass is 79.9. The van der Waals surface area contributed by atoms with Gasteiger partial charge in [0, 0.05) is 21.1 Å². The van der Waals surface area contributed by atoms with E-state index in [4.69, 9.17) is 0 Å². The van der Waals surface area contributed by atoms with E-state index in [1.165, 1.54) is 0 Å². The molecule has 0 saturated carbocycles. The number of thiazole rings is 1. The highest BCUT2D eigenvalue weighted by molar-refractivity contribution is 9.10. The quantitative estimate of drug-likeness (QED) is 0.513. The van der Waals surface area contributed by atoms with Crippen LogP contribution in [0, 0.1) is 6.92 Å². The molecular weight excluding hydrogens is 480 g/mol. The summed E-state index contributed by atoms with van der Waals surface area (Å²) in [6.07, 6.45) is 0. The van der Waals surface area contributed by atoms with Crippen molar-refractivity contribution in [3.63, 3.8) is 0 Å². The van der Waals surface area contributed by atoms with Crippen molar-refractivity contribution in [3.05, 3.63) is 69.0 Å². The van der Waals surface area contributed by atoms with Gasteiger partial charge in [-0.15, -0.1) is 11.3 Å². The van der Waals surface area contributed by atoms with E-state index < -0.39 is 23.4 Å². The monoisotopic (exact) mass is 498 g/mol. The van der Waals surface area contributed by atoms with Crippen molar-refractivity contribution in [2.45, 2.75) is 19.4 Å². The number of urea groups is 1. The fraction of sp³-hybridized carbons (Fsp3) is 0.182. The second-order valence-corrected chi connectivity index (χ2v) is 9.32. The molecule has 0 bridgehead atoms. The number of hydrogen-bond acceptors (Lipinski definition) is 5. The van der Waals surface area contributed by atoms with Crippen LogP contribution < -0.4 is 10.6 Å². The van der Waals surface area contributed by atoms with Gasteiger partial charge in [-0.05, 0) is 43.7 Å². The van der Waals surface area contributed by atoms with Gasteiger partial charge in [0.25, 0.3) is 5.91 Å². The van der Waals surface area contributed by atoms with Crippen molar-refractivity contribution in [3.8, 4) is 11.3 Å². The number of hydrogen-bond donors (Lipinski definition) is 2. The minimum Gasteiger partial charge on any atom is -0.325 e. The number of nitrogens with one attached hydrogen (secondary N) is 2. The van der Waals surface area contributed by atoms with E-state index in [0.29, 0.717) is 11.3 Å². The van der Waals surface area contributed by atoms with Gasteiger partial charge in [0.2, 0.25) is 5.91 Å². The van der Waals surface area contributed by atoms with E-state index in [-0.39, 0.29) is 6.54 Å². The Morgan fingerprint density at radius 3 is 2.71 bits per heavy atom. The molecule has 1 aromatic heterocycles. The summed E-state index contributed by atoms with van der Waals surface area (Å²) in [4.78, 5) is 43.5. The summed E-state index contributed by atoms with van der Waals surface area (Å²) >= 11 is 4.93. The van der Waals surface area contributed by atoms with Gasteiger partial charge < -0.3 is 10.6 Å². The summed E-state index contributed by atoms with van der Waals surface area (Å²) in [7, 11) is 0. The average Bonchev–Trinajstić information content (AvgIpc) is 3.26.